The fourth-order valence-electron chi connectivity index (χ4n) is 2.89. The molecule has 1 saturated heterocycles. The molecular weight excluding hydrogens is 338 g/mol. The second-order valence-corrected chi connectivity index (χ2v) is 6.57. The van der Waals surface area contributed by atoms with Crippen LogP contribution in [0.25, 0.3) is 0 Å². The molecule has 0 bridgehead atoms. The van der Waals surface area contributed by atoms with Crippen LogP contribution in [0.4, 0.5) is 5.69 Å². The van der Waals surface area contributed by atoms with Crippen LogP contribution in [0.5, 0.6) is 5.75 Å². The van der Waals surface area contributed by atoms with Crippen LogP contribution in [-0.4, -0.2) is 42.1 Å². The molecule has 2 amide bonds. The fourth-order valence-corrected chi connectivity index (χ4v) is 2.89. The molecule has 9 heteroatoms. The number of carbonyl (C=O) groups is 2. The predicted molar refractivity (Wildman–Crippen MR) is 96.1 cm³/mol. The Labute approximate surface area is 151 Å². The minimum absolute atomic E-state index is 0.121. The molecule has 7 N–H and O–H groups in total. The second kappa shape index (κ2) is 8.05. The highest BCUT2D eigenvalue weighted by molar-refractivity contribution is 6.06. The smallest absolute Gasteiger partial charge is 0.239 e. The van der Waals surface area contributed by atoms with E-state index in [1.54, 1.807) is 23.7 Å². The second-order valence-electron chi connectivity index (χ2n) is 6.57. The zero-order valence-corrected chi connectivity index (χ0v) is 14.9. The molecule has 0 radical (unpaired) electrons. The van der Waals surface area contributed by atoms with Crippen LogP contribution in [0, 0.1) is 10.8 Å². The van der Waals surface area contributed by atoms with Crippen molar-refractivity contribution in [3.8, 4) is 5.75 Å². The summed E-state index contributed by atoms with van der Waals surface area (Å²) in [6, 6.07) is 4.62. The Kier molecular flexibility index (Phi) is 6.04. The van der Waals surface area contributed by atoms with Gasteiger partial charge in [0.2, 0.25) is 11.8 Å². The van der Waals surface area contributed by atoms with Gasteiger partial charge in [-0.3, -0.25) is 25.7 Å². The summed E-state index contributed by atoms with van der Waals surface area (Å²) in [5.74, 6) is -0.924. The number of nitrogen functional groups attached to an aromatic ring is 1. The van der Waals surface area contributed by atoms with Crippen LogP contribution < -0.4 is 26.6 Å². The number of anilines is 1. The predicted octanol–water partition coefficient (Wildman–Crippen LogP) is 0.373. The lowest BCUT2D eigenvalue weighted by Crippen LogP contribution is -2.58. The van der Waals surface area contributed by atoms with E-state index in [0.29, 0.717) is 19.4 Å². The van der Waals surface area contributed by atoms with Crippen molar-refractivity contribution in [1.82, 2.24) is 16.1 Å². The van der Waals surface area contributed by atoms with Gasteiger partial charge in [-0.15, -0.1) is 0 Å². The van der Waals surface area contributed by atoms with Gasteiger partial charge < -0.3 is 21.1 Å². The number of rotatable bonds is 6. The van der Waals surface area contributed by atoms with Crippen molar-refractivity contribution in [3.05, 3.63) is 23.8 Å². The normalized spacial score (nSPS) is 19.6. The first-order valence-corrected chi connectivity index (χ1v) is 8.41. The number of amides is 2. The summed E-state index contributed by atoms with van der Waals surface area (Å²) in [5.41, 5.74) is 6.62. The van der Waals surface area contributed by atoms with Crippen LogP contribution in [0.1, 0.15) is 32.3 Å². The molecule has 26 heavy (non-hydrogen) atoms. The lowest BCUT2D eigenvalue weighted by atomic mass is 9.79. The van der Waals surface area contributed by atoms with Gasteiger partial charge in [0.05, 0.1) is 5.56 Å². The van der Waals surface area contributed by atoms with Crippen molar-refractivity contribution in [1.29, 1.82) is 5.41 Å². The molecule has 1 aliphatic rings. The van der Waals surface area contributed by atoms with Crippen LogP contribution in [0.3, 0.4) is 0 Å². The third-order valence-electron chi connectivity index (χ3n) is 4.25. The van der Waals surface area contributed by atoms with Crippen LogP contribution >= 0.6 is 0 Å². The lowest BCUT2D eigenvalue weighted by molar-refractivity contribution is -0.148. The van der Waals surface area contributed by atoms with Crippen LogP contribution in [-0.2, 0) is 9.59 Å². The largest absolute Gasteiger partial charge is 0.491 e. The number of hydrogen-bond donors (Lipinski definition) is 6. The summed E-state index contributed by atoms with van der Waals surface area (Å²) in [5, 5.41) is 22.3. The molecule has 0 saturated carbocycles. The van der Waals surface area contributed by atoms with E-state index in [9.17, 15) is 9.59 Å². The Morgan fingerprint density at radius 1 is 1.50 bits per heavy atom. The number of ether oxygens (including phenoxy) is 1. The van der Waals surface area contributed by atoms with Gasteiger partial charge in [-0.05, 0) is 38.8 Å². The maximum absolute atomic E-state index is 12.7. The summed E-state index contributed by atoms with van der Waals surface area (Å²) in [6.07, 6.45) is 1.00. The van der Waals surface area contributed by atoms with Crippen LogP contribution in [0.2, 0.25) is 0 Å². The van der Waals surface area contributed by atoms with Gasteiger partial charge in [0.1, 0.15) is 12.4 Å². The van der Waals surface area contributed by atoms with Crippen molar-refractivity contribution in [2.45, 2.75) is 32.7 Å². The molecule has 142 valence electrons. The number of hydrogen-bond acceptors (Lipinski definition) is 6. The maximum Gasteiger partial charge on any atom is 0.239 e. The van der Waals surface area contributed by atoms with Gasteiger partial charge in [0.25, 0.3) is 0 Å². The summed E-state index contributed by atoms with van der Waals surface area (Å²) in [6.45, 7) is 3.94. The van der Waals surface area contributed by atoms with E-state index in [1.807, 2.05) is 13.8 Å². The molecule has 0 aromatic heterocycles. The molecule has 1 aromatic rings. The first kappa shape index (κ1) is 19.5. The number of carbonyl (C=O) groups excluding carboxylic acids is 2. The molecule has 1 unspecified atom stereocenters. The van der Waals surface area contributed by atoms with E-state index >= 15 is 0 Å². The van der Waals surface area contributed by atoms with E-state index < -0.39 is 11.3 Å². The highest BCUT2D eigenvalue weighted by Gasteiger charge is 2.48. The lowest BCUT2D eigenvalue weighted by Gasteiger charge is -2.35. The summed E-state index contributed by atoms with van der Waals surface area (Å²) in [4.78, 5) is 25.3. The molecule has 1 atom stereocenters. The number of amidine groups is 1. The Hall–Kier alpha value is -2.81. The monoisotopic (exact) mass is 363 g/mol. The van der Waals surface area contributed by atoms with Crippen molar-refractivity contribution in [2.75, 3.05) is 18.9 Å². The van der Waals surface area contributed by atoms with Gasteiger partial charge >= 0.3 is 0 Å². The first-order valence-electron chi connectivity index (χ1n) is 8.41. The van der Waals surface area contributed by atoms with E-state index in [2.05, 4.69) is 10.6 Å². The van der Waals surface area contributed by atoms with Gasteiger partial charge in [-0.25, -0.2) is 0 Å². The average Bonchev–Trinajstić information content (AvgIpc) is 2.60. The number of benzene rings is 1. The van der Waals surface area contributed by atoms with Crippen molar-refractivity contribution in [2.24, 2.45) is 5.41 Å². The summed E-state index contributed by atoms with van der Waals surface area (Å²) in [7, 11) is 0. The van der Waals surface area contributed by atoms with Gasteiger partial charge in [-0.2, -0.15) is 0 Å². The van der Waals surface area contributed by atoms with Crippen molar-refractivity contribution in [3.63, 3.8) is 0 Å². The Morgan fingerprint density at radius 2 is 2.23 bits per heavy atom. The minimum atomic E-state index is -1.36. The molecule has 9 nitrogen and oxygen atoms in total. The van der Waals surface area contributed by atoms with Crippen molar-refractivity contribution < 1.29 is 19.5 Å². The number of hydroxylamine groups is 1. The fraction of sp³-hybridized carbons (Fsp3) is 0.471. The minimum Gasteiger partial charge on any atom is -0.491 e. The third kappa shape index (κ3) is 3.88. The number of piperidine rings is 1. The first-order chi connectivity index (χ1) is 12.3. The summed E-state index contributed by atoms with van der Waals surface area (Å²) >= 11 is 0. The molecule has 1 aromatic carbocycles. The molecule has 1 heterocycles. The molecule has 1 aliphatic heterocycles. The quantitative estimate of drug-likeness (QED) is 0.141. The maximum atomic E-state index is 12.7. The van der Waals surface area contributed by atoms with Crippen molar-refractivity contribution >= 4 is 23.3 Å². The van der Waals surface area contributed by atoms with E-state index in [-0.39, 0.29) is 41.4 Å². The highest BCUT2D eigenvalue weighted by Crippen LogP contribution is 2.31. The van der Waals surface area contributed by atoms with Crippen LogP contribution in [0.15, 0.2) is 18.2 Å². The van der Waals surface area contributed by atoms with Gasteiger partial charge in [-0.1, -0.05) is 6.07 Å². The Balaban J connectivity index is 2.31. The van der Waals surface area contributed by atoms with E-state index in [4.69, 9.17) is 21.1 Å². The van der Waals surface area contributed by atoms with E-state index in [0.717, 1.165) is 0 Å². The van der Waals surface area contributed by atoms with E-state index in [1.165, 1.54) is 0 Å². The summed E-state index contributed by atoms with van der Waals surface area (Å²) < 4.78 is 5.76. The highest BCUT2D eigenvalue weighted by atomic mass is 16.5. The zero-order chi connectivity index (χ0) is 19.3. The topological polar surface area (TPSA) is 150 Å². The molecule has 1 fully saturated rings. The number of nitrogens with two attached hydrogens (primary N) is 1. The number of nitrogens with one attached hydrogen (secondary N) is 4. The Bertz CT molecular complexity index is 706. The van der Waals surface area contributed by atoms with Gasteiger partial charge in [0.15, 0.2) is 11.3 Å². The molecular formula is C17H25N5O4. The zero-order valence-electron chi connectivity index (χ0n) is 14.9. The standard InChI is InChI=1S/C17H25N5O4/c1-10(2)21-16(24)17(7-4-8-20-15(17)23)9-26-12-6-3-5-11(18)13(12)14(19)22-25/h3,5-6,10,25H,4,7-9,18H2,1-2H3,(H2,19,22)(H,20,23)(H,21,24). The molecule has 0 aliphatic carbocycles. The molecule has 0 spiro atoms. The SMILES string of the molecule is CC(C)NC(=O)C1(COc2cccc(N)c2C(=N)NO)CCCNC1=O. The average molecular weight is 363 g/mol. The van der Waals surface area contributed by atoms with Gasteiger partial charge in [0, 0.05) is 18.3 Å². The molecule has 2 rings (SSSR count). The Morgan fingerprint density at radius 3 is 2.85 bits per heavy atom. The third-order valence-corrected chi connectivity index (χ3v) is 4.25.